The highest BCUT2D eigenvalue weighted by molar-refractivity contribution is 5.56. The van der Waals surface area contributed by atoms with Gasteiger partial charge in [0.15, 0.2) is 0 Å². The van der Waals surface area contributed by atoms with Gasteiger partial charge in [0, 0.05) is 5.92 Å². The van der Waals surface area contributed by atoms with E-state index in [1.54, 1.807) is 0 Å². The summed E-state index contributed by atoms with van der Waals surface area (Å²) in [6, 6.07) is 11.8. The summed E-state index contributed by atoms with van der Waals surface area (Å²) in [5.74, 6) is 1.19. The van der Waals surface area contributed by atoms with Crippen LogP contribution in [0.15, 0.2) is 36.4 Å². The third-order valence-corrected chi connectivity index (χ3v) is 8.53. The fourth-order valence-electron chi connectivity index (χ4n) is 7.04. The van der Waals surface area contributed by atoms with Crippen LogP contribution in [0.25, 0.3) is 0 Å². The van der Waals surface area contributed by atoms with E-state index in [2.05, 4.69) is 87.4 Å². The number of hydrogen-bond acceptors (Lipinski definition) is 3. The van der Waals surface area contributed by atoms with E-state index in [0.717, 1.165) is 23.1 Å². The number of hydrogen-bond donors (Lipinski definition) is 3. The Kier molecular flexibility index (Phi) is 8.53. The van der Waals surface area contributed by atoms with Gasteiger partial charge in [0.25, 0.3) is 0 Å². The van der Waals surface area contributed by atoms with Gasteiger partial charge in [-0.25, -0.2) is 0 Å². The van der Waals surface area contributed by atoms with Crippen LogP contribution in [0.2, 0.25) is 0 Å². The molecule has 0 bridgehead atoms. The van der Waals surface area contributed by atoms with Gasteiger partial charge in [0.05, 0.1) is 0 Å². The fraction of sp³-hybridized carbons (Fsp3) is 0.514. The molecule has 3 aromatic rings. The highest BCUT2D eigenvalue weighted by Gasteiger charge is 2.34. The van der Waals surface area contributed by atoms with E-state index < -0.39 is 0 Å². The molecule has 0 aliphatic carbocycles. The zero-order valence-corrected chi connectivity index (χ0v) is 27.2. The molecule has 3 rings (SSSR count). The van der Waals surface area contributed by atoms with Crippen molar-refractivity contribution in [1.29, 1.82) is 0 Å². The van der Waals surface area contributed by atoms with Crippen molar-refractivity contribution in [3.63, 3.8) is 0 Å². The van der Waals surface area contributed by atoms with E-state index in [-0.39, 0.29) is 28.1 Å². The van der Waals surface area contributed by atoms with E-state index in [4.69, 9.17) is 0 Å². The van der Waals surface area contributed by atoms with Gasteiger partial charge in [-0.15, -0.1) is 0 Å². The molecule has 3 N–H and O–H groups in total. The summed E-state index contributed by atoms with van der Waals surface area (Å²) in [4.78, 5) is 0. The molecular formula is C37H52O3. The predicted octanol–water partition coefficient (Wildman–Crippen LogP) is 9.95. The molecule has 0 aromatic heterocycles. The van der Waals surface area contributed by atoms with Gasteiger partial charge in [-0.2, -0.15) is 0 Å². The predicted molar refractivity (Wildman–Crippen MR) is 170 cm³/mol. The Morgan fingerprint density at radius 2 is 0.775 bits per heavy atom. The van der Waals surface area contributed by atoms with Gasteiger partial charge >= 0.3 is 0 Å². The smallest absolute Gasteiger partial charge is 0.118 e. The summed E-state index contributed by atoms with van der Waals surface area (Å²) >= 11 is 0. The highest BCUT2D eigenvalue weighted by Crippen LogP contribution is 2.48. The summed E-state index contributed by atoms with van der Waals surface area (Å²) in [5, 5.41) is 32.2. The summed E-state index contributed by atoms with van der Waals surface area (Å²) in [7, 11) is 0. The summed E-state index contributed by atoms with van der Waals surface area (Å²) in [6.07, 6.45) is 0.841. The van der Waals surface area contributed by atoms with Crippen LogP contribution < -0.4 is 0 Å². The Labute approximate surface area is 243 Å². The fourth-order valence-corrected chi connectivity index (χ4v) is 7.04. The molecule has 1 atom stereocenters. The molecule has 0 radical (unpaired) electrons. The average Bonchev–Trinajstić information content (AvgIpc) is 2.80. The summed E-state index contributed by atoms with van der Waals surface area (Å²) < 4.78 is 0. The van der Waals surface area contributed by atoms with Gasteiger partial charge < -0.3 is 15.3 Å². The van der Waals surface area contributed by atoms with Gasteiger partial charge in [0.2, 0.25) is 0 Å². The molecule has 0 aliphatic rings. The van der Waals surface area contributed by atoms with Crippen molar-refractivity contribution in [2.45, 2.75) is 125 Å². The molecule has 0 aliphatic heterocycles. The van der Waals surface area contributed by atoms with Crippen molar-refractivity contribution in [2.75, 3.05) is 0 Å². The van der Waals surface area contributed by atoms with Crippen LogP contribution in [0, 0.1) is 20.8 Å². The average molecular weight is 545 g/mol. The number of rotatable bonds is 5. The minimum Gasteiger partial charge on any atom is -0.508 e. The van der Waals surface area contributed by atoms with Crippen molar-refractivity contribution in [2.24, 2.45) is 0 Å². The molecule has 1 unspecified atom stereocenters. The lowest BCUT2D eigenvalue weighted by Gasteiger charge is -2.36. The van der Waals surface area contributed by atoms with Crippen molar-refractivity contribution in [3.05, 3.63) is 86.5 Å². The van der Waals surface area contributed by atoms with Crippen LogP contribution in [0.1, 0.15) is 138 Å². The Morgan fingerprint density at radius 1 is 0.500 bits per heavy atom. The monoisotopic (exact) mass is 544 g/mol. The molecule has 3 heteroatoms. The second kappa shape index (κ2) is 10.8. The molecule has 0 heterocycles. The molecule has 218 valence electrons. The van der Waals surface area contributed by atoms with Gasteiger partial charge in [-0.05, 0) is 118 Å². The van der Waals surface area contributed by atoms with E-state index in [9.17, 15) is 15.3 Å². The first kappa shape index (κ1) is 31.6. The molecule has 0 fully saturated rings. The lowest BCUT2D eigenvalue weighted by molar-refractivity contribution is 0.459. The Hall–Kier alpha value is -2.94. The van der Waals surface area contributed by atoms with Crippen LogP contribution in [0.3, 0.4) is 0 Å². The Balaban J connectivity index is 2.40. The summed E-state index contributed by atoms with van der Waals surface area (Å²) in [5.41, 5.74) is 9.55. The number of phenolic OH excluding ortho intramolecular Hbond substituents is 3. The summed E-state index contributed by atoms with van der Waals surface area (Å²) in [6.45, 7) is 28.3. The Morgan fingerprint density at radius 3 is 1.07 bits per heavy atom. The largest absolute Gasteiger partial charge is 0.508 e. The van der Waals surface area contributed by atoms with Crippen LogP contribution in [-0.2, 0) is 16.2 Å². The second-order valence-electron chi connectivity index (χ2n) is 15.0. The Bertz CT molecular complexity index is 1320. The molecule has 0 saturated heterocycles. The van der Waals surface area contributed by atoms with Crippen molar-refractivity contribution >= 4 is 0 Å². The molecule has 40 heavy (non-hydrogen) atoms. The number of aromatic hydroxyl groups is 3. The quantitative estimate of drug-likeness (QED) is 0.299. The van der Waals surface area contributed by atoms with Crippen LogP contribution in [0.4, 0.5) is 0 Å². The van der Waals surface area contributed by atoms with Crippen LogP contribution in [-0.4, -0.2) is 15.3 Å². The van der Waals surface area contributed by atoms with Gasteiger partial charge in [0.1, 0.15) is 17.2 Å². The van der Waals surface area contributed by atoms with Crippen molar-refractivity contribution in [1.82, 2.24) is 0 Å². The lowest BCUT2D eigenvalue weighted by atomic mass is 9.68. The molecule has 3 nitrogen and oxygen atoms in total. The minimum absolute atomic E-state index is 0.0268. The molecular weight excluding hydrogens is 492 g/mol. The SMILES string of the molecule is Cc1c(O)ccc(C(C)CC(c2ccc(O)c(C)c2C(C)(C)C)c2ccc(O)c(C)c2C(C)(C)C)c1C(C)(C)C. The topological polar surface area (TPSA) is 60.7 Å². The maximum atomic E-state index is 10.8. The number of benzene rings is 3. The third-order valence-electron chi connectivity index (χ3n) is 8.53. The first-order valence-corrected chi connectivity index (χ1v) is 14.7. The van der Waals surface area contributed by atoms with Crippen molar-refractivity contribution < 1.29 is 15.3 Å². The molecule has 3 aromatic carbocycles. The van der Waals surface area contributed by atoms with E-state index in [0.29, 0.717) is 17.2 Å². The maximum Gasteiger partial charge on any atom is 0.118 e. The second-order valence-corrected chi connectivity index (χ2v) is 15.0. The van der Waals surface area contributed by atoms with Crippen LogP contribution >= 0.6 is 0 Å². The van der Waals surface area contributed by atoms with E-state index in [1.165, 1.54) is 33.4 Å². The number of phenols is 3. The van der Waals surface area contributed by atoms with E-state index >= 15 is 0 Å². The zero-order chi connectivity index (χ0) is 30.5. The third kappa shape index (κ3) is 6.04. The standard InChI is InChI=1S/C37H52O3/c1-21(25-14-17-29(38)22(2)32(25)35(5,6)7)20-28(26-15-18-30(39)23(3)33(26)36(8,9)10)27-16-19-31(40)24(4)34(27)37(11,12)13/h14-19,21,28,38-40H,20H2,1-13H3. The normalized spacial score (nSPS) is 13.7. The molecule has 0 amide bonds. The van der Waals surface area contributed by atoms with Gasteiger partial charge in [-0.1, -0.05) is 87.4 Å². The molecule has 0 saturated carbocycles. The van der Waals surface area contributed by atoms with Crippen LogP contribution in [0.5, 0.6) is 17.2 Å². The first-order chi connectivity index (χ1) is 18.2. The minimum atomic E-state index is -0.181. The zero-order valence-electron chi connectivity index (χ0n) is 27.2. The first-order valence-electron chi connectivity index (χ1n) is 14.7. The van der Waals surface area contributed by atoms with E-state index in [1.807, 2.05) is 39.0 Å². The molecule has 0 spiro atoms. The maximum absolute atomic E-state index is 10.8. The van der Waals surface area contributed by atoms with Gasteiger partial charge in [-0.3, -0.25) is 0 Å². The highest BCUT2D eigenvalue weighted by atomic mass is 16.3. The van der Waals surface area contributed by atoms with Crippen molar-refractivity contribution in [3.8, 4) is 17.2 Å². The lowest BCUT2D eigenvalue weighted by Crippen LogP contribution is -2.24.